The summed E-state index contributed by atoms with van der Waals surface area (Å²) in [6.45, 7) is 7.48. The van der Waals surface area contributed by atoms with Gasteiger partial charge in [-0.15, -0.1) is 6.58 Å². The van der Waals surface area contributed by atoms with Crippen LogP contribution in [0.3, 0.4) is 0 Å². The first-order valence-corrected chi connectivity index (χ1v) is 4.77. The highest BCUT2D eigenvalue weighted by molar-refractivity contribution is 5.09. The molecule has 80 valence electrons. The van der Waals surface area contributed by atoms with E-state index in [1.807, 2.05) is 13.8 Å². The van der Waals surface area contributed by atoms with Gasteiger partial charge in [-0.3, -0.25) is 0 Å². The quantitative estimate of drug-likeness (QED) is 0.698. The summed E-state index contributed by atoms with van der Waals surface area (Å²) in [5, 5.41) is 9.82. The van der Waals surface area contributed by atoms with E-state index in [9.17, 15) is 5.11 Å². The summed E-state index contributed by atoms with van der Waals surface area (Å²) in [5.41, 5.74) is 0.854. The standard InChI is InChI=1S/C11H18O3/c1-5-9(13-4)11-8(3)10(12)7(2)6-14-11/h5-6,8-12H,1H2,2-4H3. The van der Waals surface area contributed by atoms with Crippen molar-refractivity contribution in [2.45, 2.75) is 32.2 Å². The van der Waals surface area contributed by atoms with Crippen molar-refractivity contribution in [3.8, 4) is 0 Å². The molecule has 1 heterocycles. The second-order valence-electron chi connectivity index (χ2n) is 3.70. The summed E-state index contributed by atoms with van der Waals surface area (Å²) >= 11 is 0. The third-order valence-corrected chi connectivity index (χ3v) is 2.72. The van der Waals surface area contributed by atoms with Gasteiger partial charge in [-0.25, -0.2) is 0 Å². The predicted octanol–water partition coefficient (Wildman–Crippen LogP) is 1.49. The van der Waals surface area contributed by atoms with Crippen molar-refractivity contribution >= 4 is 0 Å². The highest BCUT2D eigenvalue weighted by Crippen LogP contribution is 2.27. The topological polar surface area (TPSA) is 38.7 Å². The van der Waals surface area contributed by atoms with Crippen molar-refractivity contribution in [3.05, 3.63) is 24.5 Å². The molecule has 14 heavy (non-hydrogen) atoms. The molecule has 1 aliphatic rings. The lowest BCUT2D eigenvalue weighted by Crippen LogP contribution is -2.42. The van der Waals surface area contributed by atoms with Crippen molar-refractivity contribution < 1.29 is 14.6 Å². The first kappa shape index (κ1) is 11.3. The molecule has 0 amide bonds. The molecule has 0 aromatic heterocycles. The van der Waals surface area contributed by atoms with Crippen LogP contribution in [-0.2, 0) is 9.47 Å². The van der Waals surface area contributed by atoms with Gasteiger partial charge in [0.2, 0.25) is 0 Å². The van der Waals surface area contributed by atoms with Crippen LogP contribution in [0, 0.1) is 5.92 Å². The number of rotatable bonds is 3. The van der Waals surface area contributed by atoms with Crippen LogP contribution in [-0.4, -0.2) is 30.5 Å². The van der Waals surface area contributed by atoms with Crippen LogP contribution in [0.2, 0.25) is 0 Å². The fourth-order valence-electron chi connectivity index (χ4n) is 1.71. The zero-order valence-corrected chi connectivity index (χ0v) is 8.93. The molecular weight excluding hydrogens is 180 g/mol. The van der Waals surface area contributed by atoms with Crippen LogP contribution in [0.5, 0.6) is 0 Å². The summed E-state index contributed by atoms with van der Waals surface area (Å²) in [6.07, 6.45) is 2.51. The molecule has 0 saturated carbocycles. The Kier molecular flexibility index (Phi) is 3.72. The molecular formula is C11H18O3. The van der Waals surface area contributed by atoms with E-state index in [0.717, 1.165) is 5.57 Å². The molecule has 1 aliphatic heterocycles. The van der Waals surface area contributed by atoms with Crippen LogP contribution in [0.15, 0.2) is 24.5 Å². The molecule has 4 atom stereocenters. The predicted molar refractivity (Wildman–Crippen MR) is 54.8 cm³/mol. The molecule has 3 heteroatoms. The fourth-order valence-corrected chi connectivity index (χ4v) is 1.71. The van der Waals surface area contributed by atoms with E-state index in [2.05, 4.69) is 6.58 Å². The van der Waals surface area contributed by atoms with Gasteiger partial charge >= 0.3 is 0 Å². The average molecular weight is 198 g/mol. The molecule has 3 nitrogen and oxygen atoms in total. The van der Waals surface area contributed by atoms with E-state index < -0.39 is 6.10 Å². The van der Waals surface area contributed by atoms with Crippen molar-refractivity contribution in [1.82, 2.24) is 0 Å². The smallest absolute Gasteiger partial charge is 0.133 e. The van der Waals surface area contributed by atoms with Gasteiger partial charge in [-0.2, -0.15) is 0 Å². The second-order valence-corrected chi connectivity index (χ2v) is 3.70. The number of aliphatic hydroxyl groups excluding tert-OH is 1. The van der Waals surface area contributed by atoms with E-state index in [1.165, 1.54) is 0 Å². The van der Waals surface area contributed by atoms with Crippen LogP contribution >= 0.6 is 0 Å². The van der Waals surface area contributed by atoms with Crippen molar-refractivity contribution in [3.63, 3.8) is 0 Å². The number of hydrogen-bond donors (Lipinski definition) is 1. The minimum atomic E-state index is -0.452. The molecule has 0 bridgehead atoms. The van der Waals surface area contributed by atoms with Crippen molar-refractivity contribution in [1.29, 1.82) is 0 Å². The maximum absolute atomic E-state index is 9.82. The summed E-state index contributed by atoms with van der Waals surface area (Å²) in [4.78, 5) is 0. The minimum Gasteiger partial charge on any atom is -0.495 e. The monoisotopic (exact) mass is 198 g/mol. The van der Waals surface area contributed by atoms with E-state index in [4.69, 9.17) is 9.47 Å². The highest BCUT2D eigenvalue weighted by Gasteiger charge is 2.34. The van der Waals surface area contributed by atoms with Gasteiger partial charge in [-0.1, -0.05) is 13.0 Å². The van der Waals surface area contributed by atoms with E-state index in [-0.39, 0.29) is 18.1 Å². The van der Waals surface area contributed by atoms with Gasteiger partial charge in [0.05, 0.1) is 12.4 Å². The van der Waals surface area contributed by atoms with Crippen LogP contribution in [0.1, 0.15) is 13.8 Å². The van der Waals surface area contributed by atoms with Crippen LogP contribution < -0.4 is 0 Å². The maximum atomic E-state index is 9.82. The van der Waals surface area contributed by atoms with E-state index in [1.54, 1.807) is 19.4 Å². The molecule has 0 aromatic rings. The lowest BCUT2D eigenvalue weighted by Gasteiger charge is -2.35. The Hall–Kier alpha value is -0.800. The Morgan fingerprint density at radius 3 is 2.86 bits per heavy atom. The van der Waals surface area contributed by atoms with Gasteiger partial charge in [0.25, 0.3) is 0 Å². The summed E-state index contributed by atoms with van der Waals surface area (Å²) in [7, 11) is 1.61. The Balaban J connectivity index is 2.77. The second kappa shape index (κ2) is 4.62. The number of ether oxygens (including phenoxy) is 2. The highest BCUT2D eigenvalue weighted by atomic mass is 16.5. The van der Waals surface area contributed by atoms with Gasteiger partial charge < -0.3 is 14.6 Å². The van der Waals surface area contributed by atoms with Crippen LogP contribution in [0.25, 0.3) is 0 Å². The summed E-state index contributed by atoms with van der Waals surface area (Å²) in [5.74, 6) is 0.0166. The molecule has 0 aliphatic carbocycles. The Morgan fingerprint density at radius 1 is 1.71 bits per heavy atom. The molecule has 0 spiro atoms. The normalized spacial score (nSPS) is 34.3. The zero-order chi connectivity index (χ0) is 10.7. The lowest BCUT2D eigenvalue weighted by atomic mass is 9.88. The molecule has 1 rings (SSSR count). The third kappa shape index (κ3) is 1.99. The maximum Gasteiger partial charge on any atom is 0.133 e. The Morgan fingerprint density at radius 2 is 2.36 bits per heavy atom. The molecule has 1 N–H and O–H groups in total. The van der Waals surface area contributed by atoms with Gasteiger partial charge in [0.15, 0.2) is 0 Å². The fraction of sp³-hybridized carbons (Fsp3) is 0.636. The average Bonchev–Trinajstić information content (AvgIpc) is 2.19. The van der Waals surface area contributed by atoms with Gasteiger partial charge in [0.1, 0.15) is 12.2 Å². The Labute approximate surface area is 85.0 Å². The SMILES string of the molecule is C=CC(OC)C1OC=C(C)C(O)C1C. The molecule has 0 saturated heterocycles. The van der Waals surface area contributed by atoms with Crippen molar-refractivity contribution in [2.24, 2.45) is 5.92 Å². The van der Waals surface area contributed by atoms with E-state index >= 15 is 0 Å². The zero-order valence-electron chi connectivity index (χ0n) is 8.93. The minimum absolute atomic E-state index is 0.0166. The summed E-state index contributed by atoms with van der Waals surface area (Å²) < 4.78 is 10.7. The molecule has 0 aromatic carbocycles. The number of aliphatic hydroxyl groups is 1. The molecule has 0 fully saturated rings. The first-order valence-electron chi connectivity index (χ1n) is 4.77. The third-order valence-electron chi connectivity index (χ3n) is 2.72. The molecule has 4 unspecified atom stereocenters. The largest absolute Gasteiger partial charge is 0.495 e. The van der Waals surface area contributed by atoms with Gasteiger partial charge in [0, 0.05) is 13.0 Å². The first-order chi connectivity index (χ1) is 6.61. The van der Waals surface area contributed by atoms with Gasteiger partial charge in [-0.05, 0) is 12.5 Å². The number of methoxy groups -OCH3 is 1. The Bertz CT molecular complexity index is 235. The number of hydrogen-bond acceptors (Lipinski definition) is 3. The van der Waals surface area contributed by atoms with E-state index in [0.29, 0.717) is 0 Å². The van der Waals surface area contributed by atoms with Crippen LogP contribution in [0.4, 0.5) is 0 Å². The lowest BCUT2D eigenvalue weighted by molar-refractivity contribution is -0.0633. The van der Waals surface area contributed by atoms with Crippen molar-refractivity contribution in [2.75, 3.05) is 7.11 Å². The molecule has 0 radical (unpaired) electrons. The summed E-state index contributed by atoms with van der Waals surface area (Å²) in [6, 6.07) is 0.